The maximum Gasteiger partial charge on any atom is 0.124 e. The Balaban J connectivity index is 2.19. The molecule has 17 heavy (non-hydrogen) atoms. The number of hydrogen-bond donors (Lipinski definition) is 1. The van der Waals surface area contributed by atoms with Crippen LogP contribution in [0.4, 0.5) is 0 Å². The van der Waals surface area contributed by atoms with Crippen LogP contribution >= 0.6 is 15.9 Å². The first-order chi connectivity index (χ1) is 8.20. The lowest BCUT2D eigenvalue weighted by atomic mass is 10.1. The first-order valence-electron chi connectivity index (χ1n) is 6.34. The summed E-state index contributed by atoms with van der Waals surface area (Å²) >= 11 is 3.52. The Morgan fingerprint density at radius 3 is 2.71 bits per heavy atom. The van der Waals surface area contributed by atoms with Gasteiger partial charge in [0, 0.05) is 16.1 Å². The third kappa shape index (κ3) is 3.23. The number of rotatable bonds is 4. The van der Waals surface area contributed by atoms with Crippen molar-refractivity contribution in [3.8, 4) is 5.75 Å². The molecule has 0 bridgehead atoms. The Hall–Kier alpha value is -0.540. The van der Waals surface area contributed by atoms with E-state index in [0.717, 1.165) is 10.2 Å². The van der Waals surface area contributed by atoms with Crippen LogP contribution in [0, 0.1) is 0 Å². The summed E-state index contributed by atoms with van der Waals surface area (Å²) < 4.78 is 7.23. The third-order valence-electron chi connectivity index (χ3n) is 3.47. The Morgan fingerprint density at radius 1 is 1.35 bits per heavy atom. The lowest BCUT2D eigenvalue weighted by Gasteiger charge is -2.20. The highest BCUT2D eigenvalue weighted by atomic mass is 79.9. The summed E-state index contributed by atoms with van der Waals surface area (Å²) in [6.45, 7) is 2.16. The van der Waals surface area contributed by atoms with Crippen molar-refractivity contribution in [1.29, 1.82) is 0 Å². The molecule has 0 spiro atoms. The summed E-state index contributed by atoms with van der Waals surface area (Å²) in [5.74, 6) is 1.03. The number of benzene rings is 1. The summed E-state index contributed by atoms with van der Waals surface area (Å²) in [4.78, 5) is 0. The predicted octanol–water partition coefficient (Wildman–Crippen LogP) is 4.05. The molecule has 0 aromatic heterocycles. The molecule has 3 heteroatoms. The van der Waals surface area contributed by atoms with Crippen molar-refractivity contribution < 1.29 is 4.74 Å². The van der Waals surface area contributed by atoms with E-state index in [1.54, 1.807) is 0 Å². The molecular formula is C14H20BrNO. The van der Waals surface area contributed by atoms with Crippen molar-refractivity contribution >= 4 is 15.9 Å². The van der Waals surface area contributed by atoms with Crippen molar-refractivity contribution in [2.24, 2.45) is 0 Å². The Morgan fingerprint density at radius 2 is 2.06 bits per heavy atom. The van der Waals surface area contributed by atoms with Crippen LogP contribution in [0.5, 0.6) is 5.75 Å². The zero-order valence-corrected chi connectivity index (χ0v) is 12.1. The van der Waals surface area contributed by atoms with Crippen LogP contribution in [0.15, 0.2) is 22.7 Å². The second-order valence-corrected chi connectivity index (χ2v) is 5.63. The van der Waals surface area contributed by atoms with E-state index >= 15 is 0 Å². The van der Waals surface area contributed by atoms with Crippen LogP contribution < -0.4 is 10.1 Å². The second-order valence-electron chi connectivity index (χ2n) is 4.72. The highest BCUT2D eigenvalue weighted by molar-refractivity contribution is 9.10. The Bertz CT molecular complexity index is 374. The minimum Gasteiger partial charge on any atom is -0.490 e. The normalized spacial score (nSPS) is 18.3. The van der Waals surface area contributed by atoms with E-state index in [-0.39, 0.29) is 0 Å². The van der Waals surface area contributed by atoms with E-state index in [1.165, 1.54) is 31.2 Å². The molecule has 1 aliphatic rings. The van der Waals surface area contributed by atoms with Gasteiger partial charge in [-0.25, -0.2) is 0 Å². The average Bonchev–Trinajstić information content (AvgIpc) is 2.83. The Kier molecular flexibility index (Phi) is 4.46. The topological polar surface area (TPSA) is 21.3 Å². The van der Waals surface area contributed by atoms with Gasteiger partial charge in [-0.1, -0.05) is 15.9 Å². The number of halogens is 1. The fraction of sp³-hybridized carbons (Fsp3) is 0.571. The van der Waals surface area contributed by atoms with Gasteiger partial charge < -0.3 is 10.1 Å². The molecule has 0 radical (unpaired) electrons. The molecule has 1 aliphatic carbocycles. The molecule has 1 unspecified atom stereocenters. The van der Waals surface area contributed by atoms with E-state index in [9.17, 15) is 0 Å². The molecule has 1 aromatic carbocycles. The monoisotopic (exact) mass is 297 g/mol. The van der Waals surface area contributed by atoms with Crippen LogP contribution in [0.1, 0.15) is 44.2 Å². The quantitative estimate of drug-likeness (QED) is 0.905. The van der Waals surface area contributed by atoms with Gasteiger partial charge in [0.05, 0.1) is 6.10 Å². The molecule has 0 aliphatic heterocycles. The molecule has 0 saturated heterocycles. The fourth-order valence-electron chi connectivity index (χ4n) is 2.31. The van der Waals surface area contributed by atoms with Gasteiger partial charge in [-0.05, 0) is 57.9 Å². The maximum atomic E-state index is 6.12. The number of hydrogen-bond acceptors (Lipinski definition) is 2. The van der Waals surface area contributed by atoms with Gasteiger partial charge in [-0.3, -0.25) is 0 Å². The molecule has 1 N–H and O–H groups in total. The lowest BCUT2D eigenvalue weighted by Crippen LogP contribution is -2.17. The zero-order chi connectivity index (χ0) is 12.3. The minimum absolute atomic E-state index is 0.309. The SMILES string of the molecule is CNC(C)c1cc(Br)ccc1OC1CCCC1. The van der Waals surface area contributed by atoms with Crippen LogP contribution in [-0.2, 0) is 0 Å². The maximum absolute atomic E-state index is 6.12. The van der Waals surface area contributed by atoms with E-state index in [1.807, 2.05) is 7.05 Å². The third-order valence-corrected chi connectivity index (χ3v) is 3.96. The summed E-state index contributed by atoms with van der Waals surface area (Å²) in [5, 5.41) is 3.27. The van der Waals surface area contributed by atoms with Crippen molar-refractivity contribution in [3.05, 3.63) is 28.2 Å². The van der Waals surface area contributed by atoms with Gasteiger partial charge in [0.2, 0.25) is 0 Å². The molecular weight excluding hydrogens is 278 g/mol. The van der Waals surface area contributed by atoms with Gasteiger partial charge in [-0.2, -0.15) is 0 Å². The van der Waals surface area contributed by atoms with E-state index in [0.29, 0.717) is 12.1 Å². The largest absolute Gasteiger partial charge is 0.490 e. The predicted molar refractivity (Wildman–Crippen MR) is 74.5 cm³/mol. The number of nitrogens with one attached hydrogen (secondary N) is 1. The molecule has 1 aromatic rings. The van der Waals surface area contributed by atoms with Crippen LogP contribution in [0.2, 0.25) is 0 Å². The average molecular weight is 298 g/mol. The molecule has 1 atom stereocenters. The lowest BCUT2D eigenvalue weighted by molar-refractivity contribution is 0.206. The van der Waals surface area contributed by atoms with Crippen LogP contribution in [0.3, 0.4) is 0 Å². The summed E-state index contributed by atoms with van der Waals surface area (Å²) in [6.07, 6.45) is 5.42. The molecule has 2 nitrogen and oxygen atoms in total. The highest BCUT2D eigenvalue weighted by Crippen LogP contribution is 2.31. The standard InChI is InChI=1S/C14H20BrNO/c1-10(16-2)13-9-11(15)7-8-14(13)17-12-5-3-4-6-12/h7-10,12,16H,3-6H2,1-2H3. The first kappa shape index (κ1) is 12.9. The molecule has 2 rings (SSSR count). The Labute approximate surface area is 112 Å². The smallest absolute Gasteiger partial charge is 0.124 e. The van der Waals surface area contributed by atoms with E-state index in [2.05, 4.69) is 46.4 Å². The molecule has 1 fully saturated rings. The van der Waals surface area contributed by atoms with Gasteiger partial charge in [-0.15, -0.1) is 0 Å². The van der Waals surface area contributed by atoms with Gasteiger partial charge in [0.15, 0.2) is 0 Å². The second kappa shape index (κ2) is 5.87. The zero-order valence-electron chi connectivity index (χ0n) is 10.5. The van der Waals surface area contributed by atoms with Crippen molar-refractivity contribution in [2.75, 3.05) is 7.05 Å². The van der Waals surface area contributed by atoms with E-state index < -0.39 is 0 Å². The van der Waals surface area contributed by atoms with Crippen molar-refractivity contribution in [1.82, 2.24) is 5.32 Å². The van der Waals surface area contributed by atoms with Crippen LogP contribution in [0.25, 0.3) is 0 Å². The molecule has 1 saturated carbocycles. The molecule has 94 valence electrons. The summed E-state index contributed by atoms with van der Waals surface area (Å²) in [5.41, 5.74) is 1.23. The van der Waals surface area contributed by atoms with Gasteiger partial charge in [0.25, 0.3) is 0 Å². The fourth-order valence-corrected chi connectivity index (χ4v) is 2.69. The van der Waals surface area contributed by atoms with E-state index in [4.69, 9.17) is 4.74 Å². The summed E-state index contributed by atoms with van der Waals surface area (Å²) in [6, 6.07) is 6.58. The number of ether oxygens (including phenoxy) is 1. The minimum atomic E-state index is 0.309. The van der Waals surface area contributed by atoms with Crippen molar-refractivity contribution in [3.63, 3.8) is 0 Å². The summed E-state index contributed by atoms with van der Waals surface area (Å²) in [7, 11) is 1.98. The molecule has 0 amide bonds. The first-order valence-corrected chi connectivity index (χ1v) is 7.13. The molecule has 0 heterocycles. The van der Waals surface area contributed by atoms with Crippen molar-refractivity contribution in [2.45, 2.75) is 44.8 Å². The van der Waals surface area contributed by atoms with Crippen LogP contribution in [-0.4, -0.2) is 13.2 Å². The van der Waals surface area contributed by atoms with Gasteiger partial charge in [0.1, 0.15) is 5.75 Å². The van der Waals surface area contributed by atoms with Gasteiger partial charge >= 0.3 is 0 Å². The highest BCUT2D eigenvalue weighted by Gasteiger charge is 2.19.